The second-order valence-corrected chi connectivity index (χ2v) is 3.30. The van der Waals surface area contributed by atoms with Crippen molar-refractivity contribution in [2.45, 2.75) is 0 Å². The number of urea groups is 2. The molecule has 0 bridgehead atoms. The predicted octanol–water partition coefficient (Wildman–Crippen LogP) is 0.316. The lowest BCUT2D eigenvalue weighted by Crippen LogP contribution is -2.36. The van der Waals surface area contributed by atoms with E-state index in [4.69, 9.17) is 0 Å². The minimum absolute atomic E-state index is 0.267. The van der Waals surface area contributed by atoms with Crippen molar-refractivity contribution in [2.75, 3.05) is 27.4 Å². The van der Waals surface area contributed by atoms with E-state index >= 15 is 0 Å². The van der Waals surface area contributed by atoms with E-state index in [0.717, 1.165) is 0 Å². The highest BCUT2D eigenvalue weighted by Crippen LogP contribution is 1.96. The molecule has 0 aliphatic carbocycles. The maximum atomic E-state index is 11.1. The number of thioether (sulfide) groups is 1. The average molecular weight is 218 g/mol. The fourth-order valence-electron chi connectivity index (χ4n) is 0.471. The number of aliphatic imine (C=N–C) groups is 1. The second kappa shape index (κ2) is 6.25. The van der Waals surface area contributed by atoms with E-state index < -0.39 is 12.1 Å². The zero-order valence-electron chi connectivity index (χ0n) is 8.62. The molecule has 4 amide bonds. The van der Waals surface area contributed by atoms with Crippen molar-refractivity contribution in [1.29, 1.82) is 0 Å². The van der Waals surface area contributed by atoms with Crippen molar-refractivity contribution in [3.05, 3.63) is 0 Å². The number of amidine groups is 1. The first-order valence-corrected chi connectivity index (χ1v) is 5.06. The summed E-state index contributed by atoms with van der Waals surface area (Å²) in [5, 5.41) is 5.05. The molecule has 2 N–H and O–H groups in total. The van der Waals surface area contributed by atoms with Crippen LogP contribution in [0, 0.1) is 0 Å². The maximum absolute atomic E-state index is 11.1. The Balaban J connectivity index is 4.40. The SMILES string of the molecule is CNC(=O)NC(=NC(=O)N(C)C)SC. The quantitative estimate of drug-likeness (QED) is 0.454. The van der Waals surface area contributed by atoms with Gasteiger partial charge in [0.25, 0.3) is 0 Å². The highest BCUT2D eigenvalue weighted by molar-refractivity contribution is 8.13. The Morgan fingerprint density at radius 2 is 1.93 bits per heavy atom. The van der Waals surface area contributed by atoms with Gasteiger partial charge >= 0.3 is 12.1 Å². The summed E-state index contributed by atoms with van der Waals surface area (Å²) in [4.78, 5) is 27.0. The third-order valence-corrected chi connectivity index (χ3v) is 1.80. The number of hydrogen-bond acceptors (Lipinski definition) is 3. The zero-order chi connectivity index (χ0) is 11.1. The first-order chi connectivity index (χ1) is 6.51. The number of rotatable bonds is 0. The molecule has 0 aromatic carbocycles. The number of carbonyl (C=O) groups excluding carboxylic acids is 2. The van der Waals surface area contributed by atoms with Crippen LogP contribution in [0.4, 0.5) is 9.59 Å². The zero-order valence-corrected chi connectivity index (χ0v) is 9.44. The molecular weight excluding hydrogens is 204 g/mol. The second-order valence-electron chi connectivity index (χ2n) is 2.50. The molecule has 6 nitrogen and oxygen atoms in total. The molecule has 0 atom stereocenters. The number of nitrogens with zero attached hydrogens (tertiary/aromatic N) is 2. The van der Waals surface area contributed by atoms with E-state index in [1.807, 2.05) is 0 Å². The number of nitrogens with one attached hydrogen (secondary N) is 2. The Kier molecular flexibility index (Phi) is 5.70. The summed E-state index contributed by atoms with van der Waals surface area (Å²) in [7, 11) is 4.66. The van der Waals surface area contributed by atoms with Crippen LogP contribution in [0.2, 0.25) is 0 Å². The molecule has 14 heavy (non-hydrogen) atoms. The smallest absolute Gasteiger partial charge is 0.341 e. The van der Waals surface area contributed by atoms with Gasteiger partial charge in [-0.15, -0.1) is 0 Å². The maximum Gasteiger partial charge on any atom is 0.345 e. The highest BCUT2D eigenvalue weighted by atomic mass is 32.2. The van der Waals surface area contributed by atoms with Gasteiger partial charge in [-0.25, -0.2) is 9.59 Å². The molecule has 0 aliphatic rings. The monoisotopic (exact) mass is 218 g/mol. The minimum Gasteiger partial charge on any atom is -0.341 e. The fraction of sp³-hybridized carbons (Fsp3) is 0.571. The summed E-state index contributed by atoms with van der Waals surface area (Å²) in [6.45, 7) is 0. The normalized spacial score (nSPS) is 10.7. The molecule has 0 saturated heterocycles. The van der Waals surface area contributed by atoms with Crippen molar-refractivity contribution < 1.29 is 9.59 Å². The van der Waals surface area contributed by atoms with Gasteiger partial charge < -0.3 is 10.2 Å². The Morgan fingerprint density at radius 3 is 2.29 bits per heavy atom. The van der Waals surface area contributed by atoms with E-state index in [9.17, 15) is 9.59 Å². The Hall–Kier alpha value is -1.24. The molecule has 0 fully saturated rings. The first kappa shape index (κ1) is 12.8. The topological polar surface area (TPSA) is 73.8 Å². The third kappa shape index (κ3) is 4.70. The average Bonchev–Trinajstić information content (AvgIpc) is 2.16. The van der Waals surface area contributed by atoms with Crippen molar-refractivity contribution in [2.24, 2.45) is 4.99 Å². The molecule has 0 spiro atoms. The summed E-state index contributed by atoms with van der Waals surface area (Å²) in [6, 6.07) is -0.810. The molecule has 0 aromatic rings. The molecule has 0 aliphatic heterocycles. The molecular formula is C7H14N4O2S. The molecule has 0 unspecified atom stereocenters. The summed E-state index contributed by atoms with van der Waals surface area (Å²) in [6.07, 6.45) is 1.72. The van der Waals surface area contributed by atoms with Gasteiger partial charge in [-0.1, -0.05) is 11.8 Å². The van der Waals surface area contributed by atoms with Gasteiger partial charge in [0.1, 0.15) is 0 Å². The van der Waals surface area contributed by atoms with E-state index in [1.54, 1.807) is 20.4 Å². The van der Waals surface area contributed by atoms with Crippen molar-refractivity contribution >= 4 is 29.0 Å². The van der Waals surface area contributed by atoms with Crippen LogP contribution in [0.3, 0.4) is 0 Å². The van der Waals surface area contributed by atoms with Crippen molar-refractivity contribution in [3.63, 3.8) is 0 Å². The van der Waals surface area contributed by atoms with E-state index in [0.29, 0.717) is 0 Å². The van der Waals surface area contributed by atoms with Crippen LogP contribution >= 0.6 is 11.8 Å². The Morgan fingerprint density at radius 1 is 1.36 bits per heavy atom. The van der Waals surface area contributed by atoms with Gasteiger partial charge in [0.05, 0.1) is 0 Å². The van der Waals surface area contributed by atoms with Crippen LogP contribution in [-0.4, -0.2) is 49.5 Å². The predicted molar refractivity (Wildman–Crippen MR) is 57.6 cm³/mol. The van der Waals surface area contributed by atoms with Crippen LogP contribution in [0.5, 0.6) is 0 Å². The molecule has 7 heteroatoms. The lowest BCUT2D eigenvalue weighted by Gasteiger charge is -2.08. The van der Waals surface area contributed by atoms with Crippen molar-refractivity contribution in [1.82, 2.24) is 15.5 Å². The van der Waals surface area contributed by atoms with Crippen molar-refractivity contribution in [3.8, 4) is 0 Å². The molecule has 0 heterocycles. The summed E-state index contributed by atoms with van der Waals surface area (Å²) in [5.74, 6) is 0. The molecule has 0 radical (unpaired) electrons. The van der Waals surface area contributed by atoms with E-state index in [2.05, 4.69) is 15.6 Å². The highest BCUT2D eigenvalue weighted by Gasteiger charge is 2.06. The van der Waals surface area contributed by atoms with Crippen LogP contribution in [0.1, 0.15) is 0 Å². The number of carbonyl (C=O) groups is 2. The van der Waals surface area contributed by atoms with Gasteiger partial charge in [-0.2, -0.15) is 4.99 Å². The molecule has 0 rings (SSSR count). The van der Waals surface area contributed by atoms with Crippen LogP contribution in [0.25, 0.3) is 0 Å². The molecule has 0 saturated carbocycles. The minimum atomic E-state index is -0.411. The summed E-state index contributed by atoms with van der Waals surface area (Å²) in [5.41, 5.74) is 0. The molecule has 80 valence electrons. The lowest BCUT2D eigenvalue weighted by molar-refractivity contribution is 0.227. The standard InChI is InChI=1S/C7H14N4O2S/c1-8-5(12)9-6(14-4)10-7(13)11(2)3/h1-4H3,(H2,8,9,10,12,13). The van der Waals surface area contributed by atoms with Crippen LogP contribution in [0.15, 0.2) is 4.99 Å². The third-order valence-electron chi connectivity index (χ3n) is 1.22. The lowest BCUT2D eigenvalue weighted by atomic mass is 10.8. The van der Waals surface area contributed by atoms with Gasteiger partial charge in [0.15, 0.2) is 5.17 Å². The largest absolute Gasteiger partial charge is 0.345 e. The number of hydrogen-bond donors (Lipinski definition) is 2. The van der Waals surface area contributed by atoms with Gasteiger partial charge in [0.2, 0.25) is 0 Å². The summed E-state index contributed by atoms with van der Waals surface area (Å²) >= 11 is 1.19. The van der Waals surface area contributed by atoms with Gasteiger partial charge in [-0.3, -0.25) is 5.32 Å². The Labute approximate surface area is 87.1 Å². The van der Waals surface area contributed by atoms with Crippen LogP contribution in [-0.2, 0) is 0 Å². The van der Waals surface area contributed by atoms with E-state index in [1.165, 1.54) is 23.7 Å². The van der Waals surface area contributed by atoms with Gasteiger partial charge in [0, 0.05) is 21.1 Å². The Bertz CT molecular complexity index is 252. The van der Waals surface area contributed by atoms with Gasteiger partial charge in [-0.05, 0) is 6.26 Å². The first-order valence-electron chi connectivity index (χ1n) is 3.84. The van der Waals surface area contributed by atoms with Crippen LogP contribution < -0.4 is 10.6 Å². The number of amides is 4. The fourth-order valence-corrected chi connectivity index (χ4v) is 0.835. The molecule has 0 aromatic heterocycles. The summed E-state index contributed by atoms with van der Waals surface area (Å²) < 4.78 is 0. The van der Waals surface area contributed by atoms with E-state index in [-0.39, 0.29) is 5.17 Å².